The number of nitrogens with zero attached hydrogens (tertiary/aromatic N) is 1. The number of nitrogens with one attached hydrogen (secondary N) is 1. The number of rotatable bonds is 3. The van der Waals surface area contributed by atoms with Crippen LogP contribution in [0.4, 0.5) is 0 Å². The molecular weight excluding hydrogens is 188 g/mol. The summed E-state index contributed by atoms with van der Waals surface area (Å²) in [5.74, 6) is -0.361. The molecular formula is C8H10N2O2S. The normalized spacial score (nSPS) is 9.69. The van der Waals surface area contributed by atoms with E-state index in [-0.39, 0.29) is 18.2 Å². The first kappa shape index (κ1) is 9.85. The maximum Gasteiger partial charge on any atom is 0.271 e. The van der Waals surface area contributed by atoms with E-state index in [4.69, 9.17) is 0 Å². The Hall–Kier alpha value is -1.23. The number of amides is 1. The molecule has 0 bridgehead atoms. The number of thiazole rings is 1. The molecule has 0 aliphatic carbocycles. The van der Waals surface area contributed by atoms with E-state index in [9.17, 15) is 9.59 Å². The molecule has 0 radical (unpaired) electrons. The molecule has 5 heteroatoms. The van der Waals surface area contributed by atoms with Crippen LogP contribution in [0.25, 0.3) is 0 Å². The summed E-state index contributed by atoms with van der Waals surface area (Å²) in [6.45, 7) is 3.31. The highest BCUT2D eigenvalue weighted by Gasteiger charge is 2.08. The molecule has 0 aromatic carbocycles. The number of hydrogen-bond donors (Lipinski definition) is 1. The molecule has 0 fully saturated rings. The standard InChI is InChI=1S/C8H10N2O2S/c1-5(11)3-9-8(12)7-4-13-6(2)10-7/h4H,3H2,1-2H3,(H,9,12). The van der Waals surface area contributed by atoms with Crippen LogP contribution in [0, 0.1) is 6.92 Å². The molecule has 1 rings (SSSR count). The summed E-state index contributed by atoms with van der Waals surface area (Å²) in [6, 6.07) is 0. The lowest BCUT2D eigenvalue weighted by Crippen LogP contribution is -2.28. The summed E-state index contributed by atoms with van der Waals surface area (Å²) >= 11 is 1.41. The van der Waals surface area contributed by atoms with Gasteiger partial charge in [0, 0.05) is 5.38 Å². The van der Waals surface area contributed by atoms with Crippen molar-refractivity contribution in [1.29, 1.82) is 0 Å². The second-order valence-corrected chi connectivity index (χ2v) is 3.70. The number of aromatic nitrogens is 1. The lowest BCUT2D eigenvalue weighted by Gasteiger charge is -1.97. The lowest BCUT2D eigenvalue weighted by molar-refractivity contribution is -0.116. The number of carbonyl (C=O) groups excluding carboxylic acids is 2. The van der Waals surface area contributed by atoms with Gasteiger partial charge < -0.3 is 5.32 Å². The van der Waals surface area contributed by atoms with E-state index < -0.39 is 0 Å². The molecule has 13 heavy (non-hydrogen) atoms. The third kappa shape index (κ3) is 2.95. The van der Waals surface area contributed by atoms with Crippen LogP contribution in [-0.4, -0.2) is 23.2 Å². The van der Waals surface area contributed by atoms with Crippen LogP contribution in [0.15, 0.2) is 5.38 Å². The minimum absolute atomic E-state index is 0.0649. The second-order valence-electron chi connectivity index (χ2n) is 2.64. The largest absolute Gasteiger partial charge is 0.344 e. The number of hydrogen-bond acceptors (Lipinski definition) is 4. The molecule has 0 aliphatic rings. The third-order valence-electron chi connectivity index (χ3n) is 1.35. The molecule has 0 saturated carbocycles. The minimum Gasteiger partial charge on any atom is -0.344 e. The molecule has 0 unspecified atom stereocenters. The molecule has 0 saturated heterocycles. The highest BCUT2D eigenvalue weighted by Crippen LogP contribution is 2.07. The van der Waals surface area contributed by atoms with Gasteiger partial charge in [0.05, 0.1) is 11.6 Å². The molecule has 0 atom stereocenters. The fraction of sp³-hybridized carbons (Fsp3) is 0.375. The number of Topliss-reactive ketones (excluding diaryl/α,β-unsaturated/α-hetero) is 1. The predicted octanol–water partition coefficient (Wildman–Crippen LogP) is 0.770. The van der Waals surface area contributed by atoms with E-state index in [1.54, 1.807) is 5.38 Å². The highest BCUT2D eigenvalue weighted by atomic mass is 32.1. The zero-order valence-corrected chi connectivity index (χ0v) is 8.27. The Kier molecular flexibility index (Phi) is 3.13. The Morgan fingerprint density at radius 1 is 1.62 bits per heavy atom. The van der Waals surface area contributed by atoms with Crippen molar-refractivity contribution in [3.8, 4) is 0 Å². The summed E-state index contributed by atoms with van der Waals surface area (Å²) < 4.78 is 0. The molecule has 0 aliphatic heterocycles. The zero-order chi connectivity index (χ0) is 9.84. The van der Waals surface area contributed by atoms with Crippen molar-refractivity contribution in [3.63, 3.8) is 0 Å². The topological polar surface area (TPSA) is 59.1 Å². The van der Waals surface area contributed by atoms with E-state index >= 15 is 0 Å². The van der Waals surface area contributed by atoms with Gasteiger partial charge in [0.2, 0.25) is 0 Å². The van der Waals surface area contributed by atoms with E-state index in [1.807, 2.05) is 6.92 Å². The van der Waals surface area contributed by atoms with Gasteiger partial charge in [0.1, 0.15) is 11.5 Å². The van der Waals surface area contributed by atoms with Crippen LogP contribution in [0.1, 0.15) is 22.4 Å². The number of carbonyl (C=O) groups is 2. The lowest BCUT2D eigenvalue weighted by atomic mass is 10.4. The van der Waals surface area contributed by atoms with Crippen LogP contribution in [0.3, 0.4) is 0 Å². The summed E-state index contributed by atoms with van der Waals surface area (Å²) in [5.41, 5.74) is 0.378. The van der Waals surface area contributed by atoms with Crippen molar-refractivity contribution in [2.24, 2.45) is 0 Å². The minimum atomic E-state index is -0.292. The highest BCUT2D eigenvalue weighted by molar-refractivity contribution is 7.09. The van der Waals surface area contributed by atoms with Crippen molar-refractivity contribution in [1.82, 2.24) is 10.3 Å². The molecule has 0 spiro atoms. The van der Waals surface area contributed by atoms with Gasteiger partial charge in [-0.05, 0) is 13.8 Å². The fourth-order valence-electron chi connectivity index (χ4n) is 0.763. The van der Waals surface area contributed by atoms with Gasteiger partial charge in [0.15, 0.2) is 0 Å². The quantitative estimate of drug-likeness (QED) is 0.780. The molecule has 1 aromatic heterocycles. The van der Waals surface area contributed by atoms with Crippen molar-refractivity contribution in [2.45, 2.75) is 13.8 Å². The zero-order valence-electron chi connectivity index (χ0n) is 7.46. The average Bonchev–Trinajstić information content (AvgIpc) is 2.47. The van der Waals surface area contributed by atoms with E-state index in [2.05, 4.69) is 10.3 Å². The van der Waals surface area contributed by atoms with Crippen LogP contribution in [0.2, 0.25) is 0 Å². The van der Waals surface area contributed by atoms with Gasteiger partial charge >= 0.3 is 0 Å². The van der Waals surface area contributed by atoms with Gasteiger partial charge in [-0.25, -0.2) is 4.98 Å². The maximum absolute atomic E-state index is 11.2. The first-order chi connectivity index (χ1) is 6.09. The number of ketones is 1. The molecule has 1 heterocycles. The van der Waals surface area contributed by atoms with Crippen molar-refractivity contribution in [3.05, 3.63) is 16.1 Å². The first-order valence-electron chi connectivity index (χ1n) is 3.79. The van der Waals surface area contributed by atoms with Gasteiger partial charge in [-0.2, -0.15) is 0 Å². The Morgan fingerprint density at radius 2 is 2.31 bits per heavy atom. The predicted molar refractivity (Wildman–Crippen MR) is 49.9 cm³/mol. The monoisotopic (exact) mass is 198 g/mol. The Morgan fingerprint density at radius 3 is 2.77 bits per heavy atom. The molecule has 1 N–H and O–H groups in total. The van der Waals surface area contributed by atoms with Crippen molar-refractivity contribution >= 4 is 23.0 Å². The van der Waals surface area contributed by atoms with E-state index in [0.717, 1.165) is 5.01 Å². The van der Waals surface area contributed by atoms with Gasteiger partial charge in [0.25, 0.3) is 5.91 Å². The third-order valence-corrected chi connectivity index (χ3v) is 2.12. The summed E-state index contributed by atoms with van der Waals surface area (Å²) in [5, 5.41) is 4.98. The summed E-state index contributed by atoms with van der Waals surface area (Å²) in [4.78, 5) is 25.8. The average molecular weight is 198 g/mol. The Labute approximate surface area is 80.0 Å². The van der Waals surface area contributed by atoms with Crippen LogP contribution < -0.4 is 5.32 Å². The maximum atomic E-state index is 11.2. The molecule has 1 aromatic rings. The smallest absolute Gasteiger partial charge is 0.271 e. The van der Waals surface area contributed by atoms with E-state index in [1.165, 1.54) is 18.3 Å². The Balaban J connectivity index is 2.54. The summed E-state index contributed by atoms with van der Waals surface area (Å²) in [6.07, 6.45) is 0. The molecule has 1 amide bonds. The van der Waals surface area contributed by atoms with Crippen molar-refractivity contribution in [2.75, 3.05) is 6.54 Å². The second kappa shape index (κ2) is 4.13. The van der Waals surface area contributed by atoms with Gasteiger partial charge in [-0.1, -0.05) is 0 Å². The van der Waals surface area contributed by atoms with Crippen LogP contribution in [-0.2, 0) is 4.79 Å². The first-order valence-corrected chi connectivity index (χ1v) is 4.67. The molecule has 70 valence electrons. The van der Waals surface area contributed by atoms with Crippen LogP contribution in [0.5, 0.6) is 0 Å². The molecule has 4 nitrogen and oxygen atoms in total. The fourth-order valence-corrected chi connectivity index (χ4v) is 1.36. The van der Waals surface area contributed by atoms with Gasteiger partial charge in [-0.15, -0.1) is 11.3 Å². The van der Waals surface area contributed by atoms with Crippen LogP contribution >= 0.6 is 11.3 Å². The Bertz CT molecular complexity index is 333. The summed E-state index contributed by atoms with van der Waals surface area (Å²) in [7, 11) is 0. The van der Waals surface area contributed by atoms with E-state index in [0.29, 0.717) is 5.69 Å². The SMILES string of the molecule is CC(=O)CNC(=O)c1csc(C)n1. The van der Waals surface area contributed by atoms with Gasteiger partial charge in [-0.3, -0.25) is 9.59 Å². The van der Waals surface area contributed by atoms with Crippen molar-refractivity contribution < 1.29 is 9.59 Å². The number of aryl methyl sites for hydroxylation is 1.